The van der Waals surface area contributed by atoms with E-state index < -0.39 is 0 Å². The Labute approximate surface area is 108 Å². The van der Waals surface area contributed by atoms with Crippen LogP contribution in [-0.4, -0.2) is 31.5 Å². The molecule has 0 aliphatic carbocycles. The van der Waals surface area contributed by atoms with Crippen molar-refractivity contribution in [1.82, 2.24) is 5.32 Å². The van der Waals surface area contributed by atoms with E-state index in [1.54, 1.807) is 0 Å². The predicted octanol–water partition coefficient (Wildman–Crippen LogP) is 1.99. The molecule has 0 radical (unpaired) electrons. The molecule has 1 saturated heterocycles. The molecule has 2 heterocycles. The fraction of sp³-hybridized carbons (Fsp3) is 0.571. The molecule has 1 aromatic rings. The van der Waals surface area contributed by atoms with E-state index >= 15 is 0 Å². The lowest BCUT2D eigenvalue weighted by molar-refractivity contribution is 0.174. The minimum Gasteiger partial charge on any atom is -0.454 e. The number of ether oxygens (including phenoxy) is 2. The number of rotatable bonds is 1. The first-order chi connectivity index (χ1) is 8.58. The molecule has 4 heteroatoms. The van der Waals surface area contributed by atoms with Gasteiger partial charge in [-0.05, 0) is 32.9 Å². The topological polar surface area (TPSA) is 33.7 Å². The molecule has 0 spiro atoms. The van der Waals surface area contributed by atoms with Gasteiger partial charge in [0, 0.05) is 36.4 Å². The van der Waals surface area contributed by atoms with Crippen molar-refractivity contribution in [3.63, 3.8) is 0 Å². The summed E-state index contributed by atoms with van der Waals surface area (Å²) in [6, 6.07) is 6.68. The number of nitrogens with one attached hydrogen (secondary N) is 1. The first kappa shape index (κ1) is 11.7. The van der Waals surface area contributed by atoms with E-state index in [2.05, 4.69) is 43.1 Å². The highest BCUT2D eigenvalue weighted by molar-refractivity contribution is 5.59. The molecule has 1 N–H and O–H groups in total. The van der Waals surface area contributed by atoms with Gasteiger partial charge in [0.2, 0.25) is 6.79 Å². The highest BCUT2D eigenvalue weighted by atomic mass is 16.7. The summed E-state index contributed by atoms with van der Waals surface area (Å²) in [6.07, 6.45) is 0. The zero-order chi connectivity index (χ0) is 12.8. The summed E-state index contributed by atoms with van der Waals surface area (Å²) < 4.78 is 10.8. The molecule has 2 aliphatic heterocycles. The van der Waals surface area contributed by atoms with Crippen molar-refractivity contribution in [2.45, 2.75) is 32.4 Å². The second-order valence-electron chi connectivity index (χ2n) is 5.70. The smallest absolute Gasteiger partial charge is 0.231 e. The third kappa shape index (κ3) is 1.81. The molecule has 0 saturated carbocycles. The van der Waals surface area contributed by atoms with Crippen LogP contribution in [0.2, 0.25) is 0 Å². The highest BCUT2D eigenvalue weighted by Gasteiger charge is 2.34. The lowest BCUT2D eigenvalue weighted by atomic mass is 9.95. The fourth-order valence-electron chi connectivity index (χ4n) is 3.00. The van der Waals surface area contributed by atoms with Gasteiger partial charge in [-0.2, -0.15) is 0 Å². The van der Waals surface area contributed by atoms with Crippen LogP contribution in [0, 0.1) is 0 Å². The van der Waals surface area contributed by atoms with Crippen LogP contribution in [0.15, 0.2) is 18.2 Å². The lowest BCUT2D eigenvalue weighted by Crippen LogP contribution is -2.62. The van der Waals surface area contributed by atoms with Gasteiger partial charge in [-0.1, -0.05) is 0 Å². The van der Waals surface area contributed by atoms with Crippen LogP contribution in [-0.2, 0) is 0 Å². The van der Waals surface area contributed by atoms with E-state index in [1.165, 1.54) is 5.69 Å². The van der Waals surface area contributed by atoms with E-state index in [4.69, 9.17) is 9.47 Å². The summed E-state index contributed by atoms with van der Waals surface area (Å²) in [5.41, 5.74) is 1.31. The Hall–Kier alpha value is -1.42. The van der Waals surface area contributed by atoms with Crippen LogP contribution in [0.25, 0.3) is 0 Å². The van der Waals surface area contributed by atoms with Crippen molar-refractivity contribution in [3.05, 3.63) is 18.2 Å². The molecule has 0 amide bonds. The Morgan fingerprint density at radius 2 is 2.06 bits per heavy atom. The molecule has 3 rings (SSSR count). The normalized spacial score (nSPS) is 25.3. The number of nitrogens with zero attached hydrogens (tertiary/aromatic N) is 1. The van der Waals surface area contributed by atoms with Gasteiger partial charge in [0.15, 0.2) is 11.5 Å². The number of anilines is 1. The third-order valence-corrected chi connectivity index (χ3v) is 3.72. The maximum absolute atomic E-state index is 5.47. The zero-order valence-electron chi connectivity index (χ0n) is 11.2. The van der Waals surface area contributed by atoms with Crippen LogP contribution in [0.1, 0.15) is 20.8 Å². The molecule has 0 bridgehead atoms. The first-order valence-corrected chi connectivity index (χ1v) is 6.48. The van der Waals surface area contributed by atoms with Crippen molar-refractivity contribution in [1.29, 1.82) is 0 Å². The van der Waals surface area contributed by atoms with Crippen LogP contribution in [0.3, 0.4) is 0 Å². The van der Waals surface area contributed by atoms with Gasteiger partial charge in [-0.15, -0.1) is 0 Å². The van der Waals surface area contributed by atoms with Crippen LogP contribution in [0.4, 0.5) is 5.69 Å². The van der Waals surface area contributed by atoms with E-state index in [1.807, 2.05) is 6.07 Å². The average molecular weight is 248 g/mol. The van der Waals surface area contributed by atoms with Gasteiger partial charge in [-0.25, -0.2) is 0 Å². The molecule has 1 atom stereocenters. The van der Waals surface area contributed by atoms with Crippen LogP contribution >= 0.6 is 0 Å². The monoisotopic (exact) mass is 248 g/mol. The first-order valence-electron chi connectivity index (χ1n) is 6.48. The standard InChI is InChI=1S/C14H20N2O2/c1-10-7-15-8-14(2,3)16(10)11-4-5-12-13(6-11)18-9-17-12/h4-6,10,15H,7-9H2,1-3H3. The number of fused-ring (bicyclic) bond motifs is 1. The predicted molar refractivity (Wildman–Crippen MR) is 71.5 cm³/mol. The van der Waals surface area contributed by atoms with Gasteiger partial charge < -0.3 is 19.7 Å². The maximum atomic E-state index is 5.47. The van der Waals surface area contributed by atoms with Crippen LogP contribution in [0.5, 0.6) is 11.5 Å². The Balaban J connectivity index is 1.97. The quantitative estimate of drug-likeness (QED) is 0.824. The highest BCUT2D eigenvalue weighted by Crippen LogP contribution is 2.38. The number of piperazine rings is 1. The van der Waals surface area contributed by atoms with Gasteiger partial charge in [-0.3, -0.25) is 0 Å². The molecule has 1 unspecified atom stereocenters. The number of hydrogen-bond acceptors (Lipinski definition) is 4. The molecule has 1 fully saturated rings. The fourth-order valence-corrected chi connectivity index (χ4v) is 3.00. The summed E-state index contributed by atoms with van der Waals surface area (Å²) in [4.78, 5) is 2.46. The molecular formula is C14H20N2O2. The molecule has 4 nitrogen and oxygen atoms in total. The molecule has 98 valence electrons. The number of hydrogen-bond donors (Lipinski definition) is 1. The minimum atomic E-state index is 0.103. The molecule has 2 aliphatic rings. The molecule has 0 aromatic heterocycles. The molecule has 18 heavy (non-hydrogen) atoms. The Kier molecular flexibility index (Phi) is 2.63. The van der Waals surface area contributed by atoms with Gasteiger partial charge >= 0.3 is 0 Å². The summed E-state index contributed by atoms with van der Waals surface area (Å²) in [5.74, 6) is 1.70. The Morgan fingerprint density at radius 1 is 1.28 bits per heavy atom. The van der Waals surface area contributed by atoms with Crippen molar-refractivity contribution in [2.24, 2.45) is 0 Å². The van der Waals surface area contributed by atoms with Crippen molar-refractivity contribution >= 4 is 5.69 Å². The number of benzene rings is 1. The van der Waals surface area contributed by atoms with E-state index in [-0.39, 0.29) is 5.54 Å². The van der Waals surface area contributed by atoms with E-state index in [0.717, 1.165) is 24.6 Å². The second kappa shape index (κ2) is 4.05. The van der Waals surface area contributed by atoms with E-state index in [9.17, 15) is 0 Å². The Morgan fingerprint density at radius 3 is 2.83 bits per heavy atom. The summed E-state index contributed by atoms with van der Waals surface area (Å²) in [7, 11) is 0. The van der Waals surface area contributed by atoms with Crippen molar-refractivity contribution < 1.29 is 9.47 Å². The lowest BCUT2D eigenvalue weighted by Gasteiger charge is -2.48. The van der Waals surface area contributed by atoms with Crippen molar-refractivity contribution in [2.75, 3.05) is 24.8 Å². The van der Waals surface area contributed by atoms with Gasteiger partial charge in [0.1, 0.15) is 0 Å². The molecular weight excluding hydrogens is 228 g/mol. The SMILES string of the molecule is CC1CNCC(C)(C)N1c1ccc2c(c1)OCO2. The van der Waals surface area contributed by atoms with E-state index in [0.29, 0.717) is 12.8 Å². The summed E-state index contributed by atoms with van der Waals surface area (Å²) in [5, 5.41) is 3.48. The van der Waals surface area contributed by atoms with Crippen LogP contribution < -0.4 is 19.7 Å². The largest absolute Gasteiger partial charge is 0.454 e. The third-order valence-electron chi connectivity index (χ3n) is 3.72. The van der Waals surface area contributed by atoms with Gasteiger partial charge in [0.05, 0.1) is 0 Å². The average Bonchev–Trinajstić information content (AvgIpc) is 2.74. The summed E-state index contributed by atoms with van der Waals surface area (Å²) in [6.45, 7) is 9.11. The Bertz CT molecular complexity index is 459. The second-order valence-corrected chi connectivity index (χ2v) is 5.70. The maximum Gasteiger partial charge on any atom is 0.231 e. The summed E-state index contributed by atoms with van der Waals surface area (Å²) >= 11 is 0. The molecule has 1 aromatic carbocycles. The zero-order valence-corrected chi connectivity index (χ0v) is 11.2. The van der Waals surface area contributed by atoms with Crippen molar-refractivity contribution in [3.8, 4) is 11.5 Å². The minimum absolute atomic E-state index is 0.103. The van der Waals surface area contributed by atoms with Gasteiger partial charge in [0.25, 0.3) is 0 Å².